The van der Waals surface area contributed by atoms with Crippen molar-refractivity contribution >= 4 is 29.2 Å². The van der Waals surface area contributed by atoms with Gasteiger partial charge in [-0.2, -0.15) is 0 Å². The Balaban J connectivity index is 1.60. The smallest absolute Gasteiger partial charge is 0.338 e. The van der Waals surface area contributed by atoms with Crippen LogP contribution in [0, 0.1) is 0 Å². The van der Waals surface area contributed by atoms with Crippen molar-refractivity contribution in [3.63, 3.8) is 0 Å². The topological polar surface area (TPSA) is 106 Å². The van der Waals surface area contributed by atoms with Crippen LogP contribution in [0.3, 0.4) is 0 Å². The van der Waals surface area contributed by atoms with Gasteiger partial charge < -0.3 is 15.4 Å². The van der Waals surface area contributed by atoms with Gasteiger partial charge in [-0.25, -0.2) is 4.79 Å². The predicted octanol–water partition coefficient (Wildman–Crippen LogP) is 3.04. The summed E-state index contributed by atoms with van der Waals surface area (Å²) in [5.41, 5.74) is 1.65. The quantitative estimate of drug-likeness (QED) is 0.648. The molecular formula is C19H17N5O3. The summed E-state index contributed by atoms with van der Waals surface area (Å²) in [5, 5.41) is 13.7. The lowest BCUT2D eigenvalue weighted by Crippen LogP contribution is -2.13. The van der Waals surface area contributed by atoms with Gasteiger partial charge in [-0.15, -0.1) is 10.2 Å². The Morgan fingerprint density at radius 3 is 2.33 bits per heavy atom. The average molecular weight is 363 g/mol. The van der Waals surface area contributed by atoms with Gasteiger partial charge >= 0.3 is 5.97 Å². The van der Waals surface area contributed by atoms with Crippen LogP contribution in [0.2, 0.25) is 0 Å². The third-order valence-electron chi connectivity index (χ3n) is 3.50. The van der Waals surface area contributed by atoms with E-state index in [4.69, 9.17) is 4.74 Å². The van der Waals surface area contributed by atoms with Gasteiger partial charge in [0, 0.05) is 18.1 Å². The van der Waals surface area contributed by atoms with Crippen molar-refractivity contribution in [2.45, 2.75) is 6.92 Å². The molecule has 8 nitrogen and oxygen atoms in total. The molecular weight excluding hydrogens is 346 g/mol. The molecule has 0 saturated carbocycles. The molecule has 0 atom stereocenters. The zero-order valence-electron chi connectivity index (χ0n) is 14.5. The molecule has 0 spiro atoms. The van der Waals surface area contributed by atoms with E-state index >= 15 is 0 Å². The third-order valence-corrected chi connectivity index (χ3v) is 3.50. The number of anilines is 3. The largest absolute Gasteiger partial charge is 0.462 e. The van der Waals surface area contributed by atoms with Crippen molar-refractivity contribution in [3.05, 3.63) is 72.1 Å². The monoisotopic (exact) mass is 363 g/mol. The van der Waals surface area contributed by atoms with Crippen LogP contribution in [-0.4, -0.2) is 33.7 Å². The van der Waals surface area contributed by atoms with Gasteiger partial charge in [0.25, 0.3) is 5.91 Å². The Morgan fingerprint density at radius 2 is 1.70 bits per heavy atom. The Hall–Kier alpha value is -3.81. The van der Waals surface area contributed by atoms with Crippen molar-refractivity contribution in [2.75, 3.05) is 17.2 Å². The first-order chi connectivity index (χ1) is 13.2. The van der Waals surface area contributed by atoms with Crippen LogP contribution in [-0.2, 0) is 4.74 Å². The molecule has 136 valence electrons. The molecule has 0 unspecified atom stereocenters. The summed E-state index contributed by atoms with van der Waals surface area (Å²) in [5.74, 6) is 0.149. The van der Waals surface area contributed by atoms with Gasteiger partial charge in [0.2, 0.25) is 0 Å². The number of nitrogens with zero attached hydrogens (tertiary/aromatic N) is 3. The van der Waals surface area contributed by atoms with E-state index in [0.29, 0.717) is 29.4 Å². The minimum atomic E-state index is -0.363. The summed E-state index contributed by atoms with van der Waals surface area (Å²) >= 11 is 0. The average Bonchev–Trinajstić information content (AvgIpc) is 2.71. The fourth-order valence-corrected chi connectivity index (χ4v) is 2.20. The van der Waals surface area contributed by atoms with E-state index in [2.05, 4.69) is 25.8 Å². The number of hydrogen-bond acceptors (Lipinski definition) is 7. The van der Waals surface area contributed by atoms with E-state index in [1.165, 1.54) is 6.20 Å². The number of nitrogens with one attached hydrogen (secondary N) is 2. The van der Waals surface area contributed by atoms with Crippen LogP contribution in [0.1, 0.15) is 27.6 Å². The van der Waals surface area contributed by atoms with E-state index in [1.807, 2.05) is 0 Å². The maximum absolute atomic E-state index is 12.1. The lowest BCUT2D eigenvalue weighted by molar-refractivity contribution is 0.0526. The van der Waals surface area contributed by atoms with E-state index < -0.39 is 0 Å². The maximum atomic E-state index is 12.1. The molecule has 3 rings (SSSR count). The van der Waals surface area contributed by atoms with Gasteiger partial charge in [0.1, 0.15) is 0 Å². The number of ether oxygens (including phenoxy) is 1. The SMILES string of the molecule is CCOC(=O)c1ccc(Nc2ccc(NC(=O)c3cccnc3)nn2)cc1. The Bertz CT molecular complexity index is 912. The Morgan fingerprint density at radius 1 is 0.963 bits per heavy atom. The van der Waals surface area contributed by atoms with Gasteiger partial charge in [-0.05, 0) is 55.5 Å². The van der Waals surface area contributed by atoms with Gasteiger partial charge in [-0.1, -0.05) is 0 Å². The van der Waals surface area contributed by atoms with Crippen LogP contribution in [0.4, 0.5) is 17.3 Å². The molecule has 0 radical (unpaired) electrons. The molecule has 1 amide bonds. The molecule has 0 saturated heterocycles. The number of hydrogen-bond donors (Lipinski definition) is 2. The van der Waals surface area contributed by atoms with Crippen molar-refractivity contribution in [2.24, 2.45) is 0 Å². The first kappa shape index (κ1) is 18.0. The fourth-order valence-electron chi connectivity index (χ4n) is 2.20. The molecule has 2 N–H and O–H groups in total. The molecule has 0 aliphatic rings. The lowest BCUT2D eigenvalue weighted by Gasteiger charge is -2.07. The normalized spacial score (nSPS) is 10.1. The Kier molecular flexibility index (Phi) is 5.68. The fraction of sp³-hybridized carbons (Fsp3) is 0.105. The zero-order valence-corrected chi connectivity index (χ0v) is 14.5. The molecule has 2 heterocycles. The van der Waals surface area contributed by atoms with Crippen molar-refractivity contribution < 1.29 is 14.3 Å². The zero-order chi connectivity index (χ0) is 19.1. The summed E-state index contributed by atoms with van der Waals surface area (Å²) in [6.45, 7) is 2.09. The minimum absolute atomic E-state index is 0.312. The standard InChI is InChI=1S/C19H17N5O3/c1-2-27-19(26)13-5-7-15(8-6-13)21-16-9-10-17(24-23-16)22-18(25)14-4-3-11-20-12-14/h3-12H,2H2,1H3,(H,21,23)(H,22,24,25). The number of carbonyl (C=O) groups excluding carboxylic acids is 2. The Labute approximate surface area is 155 Å². The van der Waals surface area contributed by atoms with Gasteiger partial charge in [0.15, 0.2) is 11.6 Å². The summed E-state index contributed by atoms with van der Waals surface area (Å²) < 4.78 is 4.94. The second-order valence-corrected chi connectivity index (χ2v) is 5.42. The maximum Gasteiger partial charge on any atom is 0.338 e. The van der Waals surface area contributed by atoms with E-state index in [0.717, 1.165) is 5.69 Å². The highest BCUT2D eigenvalue weighted by Crippen LogP contribution is 2.16. The molecule has 0 bridgehead atoms. The number of esters is 1. The predicted molar refractivity (Wildman–Crippen MR) is 99.9 cm³/mol. The molecule has 1 aromatic carbocycles. The molecule has 0 aliphatic carbocycles. The van der Waals surface area contributed by atoms with Crippen LogP contribution >= 0.6 is 0 Å². The lowest BCUT2D eigenvalue weighted by atomic mass is 10.2. The van der Waals surface area contributed by atoms with E-state index in [9.17, 15) is 9.59 Å². The molecule has 27 heavy (non-hydrogen) atoms. The van der Waals surface area contributed by atoms with Crippen molar-refractivity contribution in [1.82, 2.24) is 15.2 Å². The highest BCUT2D eigenvalue weighted by Gasteiger charge is 2.08. The second-order valence-electron chi connectivity index (χ2n) is 5.42. The molecule has 0 fully saturated rings. The van der Waals surface area contributed by atoms with Crippen LogP contribution < -0.4 is 10.6 Å². The van der Waals surface area contributed by atoms with Gasteiger partial charge in [0.05, 0.1) is 17.7 Å². The second kappa shape index (κ2) is 8.52. The molecule has 0 aliphatic heterocycles. The van der Waals surface area contributed by atoms with Crippen LogP contribution in [0.5, 0.6) is 0 Å². The summed E-state index contributed by atoms with van der Waals surface area (Å²) in [4.78, 5) is 27.6. The highest BCUT2D eigenvalue weighted by molar-refractivity contribution is 6.03. The highest BCUT2D eigenvalue weighted by atomic mass is 16.5. The summed E-state index contributed by atoms with van der Waals surface area (Å²) in [6, 6.07) is 13.5. The van der Waals surface area contributed by atoms with Crippen molar-refractivity contribution in [3.8, 4) is 0 Å². The number of aromatic nitrogens is 3. The van der Waals surface area contributed by atoms with Crippen LogP contribution in [0.25, 0.3) is 0 Å². The molecule has 8 heteroatoms. The number of benzene rings is 1. The number of carbonyl (C=O) groups is 2. The number of rotatable bonds is 6. The first-order valence-electron chi connectivity index (χ1n) is 8.25. The minimum Gasteiger partial charge on any atom is -0.462 e. The number of amides is 1. The van der Waals surface area contributed by atoms with Crippen LogP contribution in [0.15, 0.2) is 60.9 Å². The van der Waals surface area contributed by atoms with E-state index in [-0.39, 0.29) is 11.9 Å². The van der Waals surface area contributed by atoms with Gasteiger partial charge in [-0.3, -0.25) is 9.78 Å². The third kappa shape index (κ3) is 4.85. The summed E-state index contributed by atoms with van der Waals surface area (Å²) in [6.07, 6.45) is 3.06. The summed E-state index contributed by atoms with van der Waals surface area (Å²) in [7, 11) is 0. The van der Waals surface area contributed by atoms with Crippen molar-refractivity contribution in [1.29, 1.82) is 0 Å². The molecule has 3 aromatic rings. The number of pyridine rings is 1. The van der Waals surface area contributed by atoms with E-state index in [1.54, 1.807) is 61.7 Å². The first-order valence-corrected chi connectivity index (χ1v) is 8.25. The molecule has 2 aromatic heterocycles.